The number of imidazole rings is 1. The second-order valence-corrected chi connectivity index (χ2v) is 12.4. The van der Waals surface area contributed by atoms with Crippen molar-refractivity contribution in [1.82, 2.24) is 14.1 Å². The van der Waals surface area contributed by atoms with Crippen LogP contribution in [0, 0.1) is 0 Å². The lowest BCUT2D eigenvalue weighted by Gasteiger charge is -2.17. The topological polar surface area (TPSA) is 22.8 Å². The highest BCUT2D eigenvalue weighted by molar-refractivity contribution is 6.18. The van der Waals surface area contributed by atoms with E-state index in [1.807, 2.05) is 0 Å². The van der Waals surface area contributed by atoms with Crippen molar-refractivity contribution < 1.29 is 0 Å². The molecule has 0 bridgehead atoms. The van der Waals surface area contributed by atoms with Gasteiger partial charge in [0, 0.05) is 27.7 Å². The molecular weight excluding hydrogens is 571 g/mol. The third-order valence-electron chi connectivity index (χ3n) is 9.67. The van der Waals surface area contributed by atoms with Crippen LogP contribution in [0.25, 0.3) is 83.6 Å². The molecule has 0 saturated carbocycles. The largest absolute Gasteiger partial charge is 0.309 e. The van der Waals surface area contributed by atoms with Crippen LogP contribution in [-0.4, -0.2) is 14.1 Å². The normalized spacial score (nSPS) is 12.5. The summed E-state index contributed by atoms with van der Waals surface area (Å²) in [6.07, 6.45) is 5.51. The maximum Gasteiger partial charge on any atom is 0.145 e. The third kappa shape index (κ3) is 3.96. The second-order valence-electron chi connectivity index (χ2n) is 12.4. The molecule has 1 aliphatic carbocycles. The van der Waals surface area contributed by atoms with Gasteiger partial charge in [0.2, 0.25) is 0 Å². The van der Waals surface area contributed by atoms with E-state index in [4.69, 9.17) is 4.98 Å². The molecule has 0 unspecified atom stereocenters. The number of allylic oxidation sites excluding steroid dienone is 1. The van der Waals surface area contributed by atoms with Crippen molar-refractivity contribution in [3.63, 3.8) is 0 Å². The molecule has 0 fully saturated rings. The van der Waals surface area contributed by atoms with E-state index in [-0.39, 0.29) is 0 Å². The van der Waals surface area contributed by atoms with Gasteiger partial charge in [0.15, 0.2) is 0 Å². The van der Waals surface area contributed by atoms with E-state index in [0.29, 0.717) is 0 Å². The van der Waals surface area contributed by atoms with Crippen molar-refractivity contribution in [2.45, 2.75) is 6.42 Å². The van der Waals surface area contributed by atoms with Gasteiger partial charge in [-0.1, -0.05) is 109 Å². The maximum absolute atomic E-state index is 5.27. The number of fused-ring (bicyclic) bond motifs is 5. The minimum Gasteiger partial charge on any atom is -0.309 e. The van der Waals surface area contributed by atoms with Gasteiger partial charge in [-0.05, 0) is 94.0 Å². The van der Waals surface area contributed by atoms with Crippen LogP contribution in [0.15, 0.2) is 158 Å². The molecular formula is C44H29N3. The Morgan fingerprint density at radius 3 is 2.11 bits per heavy atom. The van der Waals surface area contributed by atoms with Crippen molar-refractivity contribution in [3.8, 4) is 33.9 Å². The van der Waals surface area contributed by atoms with Gasteiger partial charge in [0.05, 0.1) is 22.1 Å². The maximum atomic E-state index is 5.27. The summed E-state index contributed by atoms with van der Waals surface area (Å²) in [5.74, 6) is 0.924. The Morgan fingerprint density at radius 2 is 1.23 bits per heavy atom. The van der Waals surface area contributed by atoms with E-state index in [1.54, 1.807) is 0 Å². The molecule has 7 aromatic carbocycles. The summed E-state index contributed by atoms with van der Waals surface area (Å²) in [5, 5.41) is 5.28. The van der Waals surface area contributed by atoms with Gasteiger partial charge < -0.3 is 4.57 Å². The standard InChI is InChI=1S/C44H29N3/c1-3-13-29(14-4-1)32-25-33(44-45-38-22-8-10-24-40(38)47(44)34-18-5-2-6-19-34)27-35(26-32)46-39-23-9-7-20-36(39)43-37-21-12-16-30-15-11-17-31(42(30)37)28-41(43)46/h1-20,22-28H,21H2. The van der Waals surface area contributed by atoms with E-state index >= 15 is 0 Å². The molecule has 3 nitrogen and oxygen atoms in total. The van der Waals surface area contributed by atoms with E-state index in [1.165, 1.54) is 49.3 Å². The summed E-state index contributed by atoms with van der Waals surface area (Å²) >= 11 is 0. The molecule has 0 atom stereocenters. The predicted molar refractivity (Wildman–Crippen MR) is 197 cm³/mol. The fraction of sp³-hybridized carbons (Fsp3) is 0.0227. The van der Waals surface area contributed by atoms with Gasteiger partial charge in [-0.25, -0.2) is 4.98 Å². The van der Waals surface area contributed by atoms with Crippen LogP contribution >= 0.6 is 0 Å². The van der Waals surface area contributed by atoms with Crippen molar-refractivity contribution in [3.05, 3.63) is 169 Å². The zero-order valence-electron chi connectivity index (χ0n) is 25.6. The summed E-state index contributed by atoms with van der Waals surface area (Å²) in [7, 11) is 0. The zero-order valence-corrected chi connectivity index (χ0v) is 25.6. The molecule has 220 valence electrons. The summed E-state index contributed by atoms with van der Waals surface area (Å²) < 4.78 is 4.76. The van der Waals surface area contributed by atoms with Crippen molar-refractivity contribution in [2.75, 3.05) is 0 Å². The Hall–Kier alpha value is -6.19. The van der Waals surface area contributed by atoms with Gasteiger partial charge in [-0.3, -0.25) is 4.57 Å². The summed E-state index contributed by atoms with van der Waals surface area (Å²) in [4.78, 5) is 5.27. The van der Waals surface area contributed by atoms with E-state index < -0.39 is 0 Å². The van der Waals surface area contributed by atoms with E-state index in [0.717, 1.165) is 45.8 Å². The fourth-order valence-electron chi connectivity index (χ4n) is 7.69. The Kier molecular flexibility index (Phi) is 5.64. The number of hydrogen-bond donors (Lipinski definition) is 0. The molecule has 10 rings (SSSR count). The number of nitrogens with zero attached hydrogens (tertiary/aromatic N) is 3. The average Bonchev–Trinajstić information content (AvgIpc) is 3.69. The van der Waals surface area contributed by atoms with Crippen LogP contribution in [-0.2, 0) is 6.42 Å². The average molecular weight is 600 g/mol. The first kappa shape index (κ1) is 26.1. The lowest BCUT2D eigenvalue weighted by atomic mass is 9.90. The summed E-state index contributed by atoms with van der Waals surface area (Å²) in [6, 6.07) is 54.6. The third-order valence-corrected chi connectivity index (χ3v) is 9.67. The summed E-state index contributed by atoms with van der Waals surface area (Å²) in [5.41, 5.74) is 12.8. The van der Waals surface area contributed by atoms with Crippen molar-refractivity contribution in [2.24, 2.45) is 0 Å². The monoisotopic (exact) mass is 599 g/mol. The number of rotatable bonds is 4. The predicted octanol–water partition coefficient (Wildman–Crippen LogP) is 11.2. The highest BCUT2D eigenvalue weighted by atomic mass is 15.1. The molecule has 2 aromatic heterocycles. The van der Waals surface area contributed by atoms with E-state index in [9.17, 15) is 0 Å². The van der Waals surface area contributed by atoms with Crippen LogP contribution in [0.5, 0.6) is 0 Å². The molecule has 0 aliphatic heterocycles. The van der Waals surface area contributed by atoms with Crippen LogP contribution < -0.4 is 0 Å². The number of hydrogen-bond acceptors (Lipinski definition) is 1. The minimum atomic E-state index is 0.924. The Bertz CT molecular complexity index is 2690. The highest BCUT2D eigenvalue weighted by Gasteiger charge is 2.22. The summed E-state index contributed by atoms with van der Waals surface area (Å²) in [6.45, 7) is 0. The smallest absolute Gasteiger partial charge is 0.145 e. The first-order chi connectivity index (χ1) is 23.3. The van der Waals surface area contributed by atoms with Crippen LogP contribution in [0.2, 0.25) is 0 Å². The van der Waals surface area contributed by atoms with Crippen molar-refractivity contribution in [1.29, 1.82) is 0 Å². The number of benzene rings is 7. The second kappa shape index (κ2) is 10.2. The van der Waals surface area contributed by atoms with Crippen LogP contribution in [0.4, 0.5) is 0 Å². The van der Waals surface area contributed by atoms with Gasteiger partial charge >= 0.3 is 0 Å². The molecule has 47 heavy (non-hydrogen) atoms. The number of aromatic nitrogens is 3. The molecule has 0 N–H and O–H groups in total. The molecule has 0 amide bonds. The lowest BCUT2D eigenvalue weighted by molar-refractivity contribution is 1.10. The fourth-order valence-corrected chi connectivity index (χ4v) is 7.69. The molecule has 0 saturated heterocycles. The quantitative estimate of drug-likeness (QED) is 0.197. The molecule has 9 aromatic rings. The van der Waals surface area contributed by atoms with Crippen LogP contribution in [0.1, 0.15) is 11.1 Å². The Balaban J connectivity index is 1.32. The SMILES string of the molecule is C1=Cc2cccc3cc4c(c(c23)C1)c1ccccc1n4-c1cc(-c2ccccc2)cc(-c2nc3ccccc3n2-c2ccccc2)c1. The van der Waals surface area contributed by atoms with Crippen molar-refractivity contribution >= 4 is 49.7 Å². The minimum absolute atomic E-state index is 0.924. The van der Waals surface area contributed by atoms with Gasteiger partial charge in [0.25, 0.3) is 0 Å². The molecule has 0 spiro atoms. The van der Waals surface area contributed by atoms with Gasteiger partial charge in [0.1, 0.15) is 5.82 Å². The molecule has 0 radical (unpaired) electrons. The number of para-hydroxylation sites is 4. The van der Waals surface area contributed by atoms with Gasteiger partial charge in [-0.15, -0.1) is 0 Å². The van der Waals surface area contributed by atoms with Crippen LogP contribution in [0.3, 0.4) is 0 Å². The zero-order chi connectivity index (χ0) is 30.9. The Morgan fingerprint density at radius 1 is 0.489 bits per heavy atom. The first-order valence-electron chi connectivity index (χ1n) is 16.2. The lowest BCUT2D eigenvalue weighted by Crippen LogP contribution is -2.00. The molecule has 1 aliphatic rings. The molecule has 2 heterocycles. The highest BCUT2D eigenvalue weighted by Crippen LogP contribution is 2.42. The Labute approximate surface area is 272 Å². The first-order valence-corrected chi connectivity index (χ1v) is 16.2. The van der Waals surface area contributed by atoms with Gasteiger partial charge in [-0.2, -0.15) is 0 Å². The van der Waals surface area contributed by atoms with E-state index in [2.05, 4.69) is 173 Å². The molecule has 3 heteroatoms.